The molecule has 2 aliphatic rings. The third-order valence-corrected chi connectivity index (χ3v) is 5.48. The van der Waals surface area contributed by atoms with Crippen LogP contribution in [0.25, 0.3) is 11.3 Å². The van der Waals surface area contributed by atoms with Crippen molar-refractivity contribution < 1.29 is 13.9 Å². The Labute approximate surface area is 173 Å². The van der Waals surface area contributed by atoms with Crippen molar-refractivity contribution in [1.29, 1.82) is 0 Å². The van der Waals surface area contributed by atoms with Gasteiger partial charge in [-0.05, 0) is 36.8 Å². The van der Waals surface area contributed by atoms with Gasteiger partial charge in [0.15, 0.2) is 6.29 Å². The van der Waals surface area contributed by atoms with Crippen molar-refractivity contribution in [1.82, 2.24) is 15.0 Å². The second-order valence-electron chi connectivity index (χ2n) is 7.23. The number of hydrogen-bond acceptors (Lipinski definition) is 7. The number of rotatable bonds is 4. The zero-order chi connectivity index (χ0) is 20.5. The Morgan fingerprint density at radius 2 is 1.83 bits per heavy atom. The smallest absolute Gasteiger partial charge is 0.228 e. The van der Waals surface area contributed by atoms with Gasteiger partial charge >= 0.3 is 0 Å². The predicted octanol–water partition coefficient (Wildman–Crippen LogP) is 3.02. The molecular weight excluding hydrogens is 385 g/mol. The lowest BCUT2D eigenvalue weighted by Crippen LogP contribution is -2.37. The molecule has 3 aromatic rings. The van der Waals surface area contributed by atoms with Crippen LogP contribution in [0.4, 0.5) is 21.8 Å². The van der Waals surface area contributed by atoms with Crippen molar-refractivity contribution in [3.63, 3.8) is 0 Å². The molecule has 1 fully saturated rings. The Balaban J connectivity index is 1.66. The first-order valence-corrected chi connectivity index (χ1v) is 9.91. The zero-order valence-electron chi connectivity index (χ0n) is 16.3. The molecule has 0 bridgehead atoms. The second kappa shape index (κ2) is 7.79. The van der Waals surface area contributed by atoms with Gasteiger partial charge in [0.05, 0.1) is 24.5 Å². The van der Waals surface area contributed by atoms with Gasteiger partial charge in [0.1, 0.15) is 11.6 Å². The summed E-state index contributed by atoms with van der Waals surface area (Å²) in [6, 6.07) is 8.45. The maximum absolute atomic E-state index is 13.9. The summed E-state index contributed by atoms with van der Waals surface area (Å²) in [6.07, 6.45) is 4.81. The molecule has 5 rings (SSSR count). The summed E-state index contributed by atoms with van der Waals surface area (Å²) in [5.41, 5.74) is 3.47. The normalized spacial score (nSPS) is 15.9. The minimum atomic E-state index is -0.536. The van der Waals surface area contributed by atoms with Gasteiger partial charge in [-0.1, -0.05) is 0 Å². The number of hydrogen-bond donors (Lipinski definition) is 0. The van der Waals surface area contributed by atoms with Crippen LogP contribution in [0, 0.1) is 5.82 Å². The number of anilines is 3. The molecule has 0 spiro atoms. The van der Waals surface area contributed by atoms with Crippen molar-refractivity contribution in [3.05, 3.63) is 59.7 Å². The molecule has 0 unspecified atom stereocenters. The molecule has 7 nitrogen and oxygen atoms in total. The third-order valence-electron chi connectivity index (χ3n) is 5.48. The number of pyridine rings is 1. The molecule has 1 aromatic carbocycles. The summed E-state index contributed by atoms with van der Waals surface area (Å²) in [5, 5.41) is 0. The summed E-state index contributed by atoms with van der Waals surface area (Å²) in [7, 11) is 0. The van der Waals surface area contributed by atoms with Crippen LogP contribution in [-0.4, -0.2) is 54.1 Å². The average molecular weight is 405 g/mol. The molecule has 152 valence electrons. The number of benzene rings is 1. The zero-order valence-corrected chi connectivity index (χ0v) is 16.3. The average Bonchev–Trinajstić information content (AvgIpc) is 3.24. The Morgan fingerprint density at radius 1 is 1.03 bits per heavy atom. The quantitative estimate of drug-likeness (QED) is 0.618. The number of nitrogens with zero attached hydrogens (tertiary/aromatic N) is 5. The molecule has 0 aliphatic carbocycles. The van der Waals surface area contributed by atoms with E-state index in [4.69, 9.17) is 14.7 Å². The van der Waals surface area contributed by atoms with E-state index in [0.717, 1.165) is 35.7 Å². The van der Waals surface area contributed by atoms with E-state index in [9.17, 15) is 9.18 Å². The first kappa shape index (κ1) is 18.6. The van der Waals surface area contributed by atoms with E-state index in [1.165, 1.54) is 6.07 Å². The lowest BCUT2D eigenvalue weighted by atomic mass is 10.0. The summed E-state index contributed by atoms with van der Waals surface area (Å²) in [5.74, 6) is 0.918. The lowest BCUT2D eigenvalue weighted by Gasteiger charge is -2.28. The highest BCUT2D eigenvalue weighted by atomic mass is 19.1. The standard InChI is InChI=1S/C22H20FN5O2/c23-19-2-1-15(13-16(19)14-29)20-18-5-8-28(17-3-6-24-7-4-17)21(18)26-22(25-20)27-9-11-30-12-10-27/h1-4,6-7,13-14H,5,8-12H2. The van der Waals surface area contributed by atoms with Crippen LogP contribution in [0.2, 0.25) is 0 Å². The fraction of sp³-hybridized carbons (Fsp3) is 0.273. The number of ether oxygens (including phenoxy) is 1. The van der Waals surface area contributed by atoms with Gasteiger partial charge in [0.25, 0.3) is 0 Å². The molecule has 2 aromatic heterocycles. The number of morpholine rings is 1. The maximum atomic E-state index is 13.9. The first-order chi connectivity index (χ1) is 14.7. The van der Waals surface area contributed by atoms with Crippen LogP contribution in [0.1, 0.15) is 15.9 Å². The van der Waals surface area contributed by atoms with Gasteiger partial charge in [-0.15, -0.1) is 0 Å². The van der Waals surface area contributed by atoms with E-state index in [1.54, 1.807) is 24.5 Å². The van der Waals surface area contributed by atoms with E-state index in [0.29, 0.717) is 44.1 Å². The SMILES string of the molecule is O=Cc1cc(-c2nc(N3CCOCC3)nc3c2CCN3c2ccncc2)ccc1F. The molecule has 4 heterocycles. The Kier molecular flexibility index (Phi) is 4.84. The van der Waals surface area contributed by atoms with Gasteiger partial charge in [0, 0.05) is 48.8 Å². The minimum absolute atomic E-state index is 0.0248. The van der Waals surface area contributed by atoms with Crippen molar-refractivity contribution in [2.45, 2.75) is 6.42 Å². The van der Waals surface area contributed by atoms with Crippen LogP contribution in [0.3, 0.4) is 0 Å². The topological polar surface area (TPSA) is 71.5 Å². The van der Waals surface area contributed by atoms with E-state index in [1.807, 2.05) is 12.1 Å². The predicted molar refractivity (Wildman–Crippen MR) is 111 cm³/mol. The summed E-state index contributed by atoms with van der Waals surface area (Å²) >= 11 is 0. The highest BCUT2D eigenvalue weighted by Gasteiger charge is 2.29. The number of fused-ring (bicyclic) bond motifs is 1. The Morgan fingerprint density at radius 3 is 2.60 bits per heavy atom. The molecule has 0 saturated carbocycles. The number of halogens is 1. The van der Waals surface area contributed by atoms with Crippen LogP contribution in [0.15, 0.2) is 42.7 Å². The summed E-state index contributed by atoms with van der Waals surface area (Å²) in [6.45, 7) is 3.41. The number of aromatic nitrogens is 3. The van der Waals surface area contributed by atoms with Gasteiger partial charge in [-0.2, -0.15) is 4.98 Å². The molecule has 0 atom stereocenters. The molecule has 1 saturated heterocycles. The molecule has 30 heavy (non-hydrogen) atoms. The largest absolute Gasteiger partial charge is 0.378 e. The van der Waals surface area contributed by atoms with Crippen molar-refractivity contribution in [2.24, 2.45) is 0 Å². The molecule has 8 heteroatoms. The van der Waals surface area contributed by atoms with Gasteiger partial charge < -0.3 is 14.5 Å². The monoisotopic (exact) mass is 405 g/mol. The van der Waals surface area contributed by atoms with E-state index in [2.05, 4.69) is 14.8 Å². The van der Waals surface area contributed by atoms with Crippen LogP contribution >= 0.6 is 0 Å². The first-order valence-electron chi connectivity index (χ1n) is 9.91. The summed E-state index contributed by atoms with van der Waals surface area (Å²) < 4.78 is 19.4. The molecule has 0 N–H and O–H groups in total. The highest BCUT2D eigenvalue weighted by molar-refractivity contribution is 5.82. The lowest BCUT2D eigenvalue weighted by molar-refractivity contribution is 0.112. The number of carbonyl (C=O) groups is 1. The number of aldehydes is 1. The van der Waals surface area contributed by atoms with Gasteiger partial charge in [0.2, 0.25) is 5.95 Å². The second-order valence-corrected chi connectivity index (χ2v) is 7.23. The molecule has 2 aliphatic heterocycles. The van der Waals surface area contributed by atoms with Gasteiger partial charge in [-0.25, -0.2) is 9.37 Å². The Hall–Kier alpha value is -3.39. The fourth-order valence-electron chi connectivity index (χ4n) is 3.94. The fourth-order valence-corrected chi connectivity index (χ4v) is 3.94. The maximum Gasteiger partial charge on any atom is 0.228 e. The van der Waals surface area contributed by atoms with Crippen molar-refractivity contribution >= 4 is 23.7 Å². The highest BCUT2D eigenvalue weighted by Crippen LogP contribution is 2.39. The van der Waals surface area contributed by atoms with Gasteiger partial charge in [-0.3, -0.25) is 9.78 Å². The van der Waals surface area contributed by atoms with E-state index < -0.39 is 5.82 Å². The number of carbonyl (C=O) groups excluding carboxylic acids is 1. The molecular formula is C22H20FN5O2. The van der Waals surface area contributed by atoms with Crippen LogP contribution in [0.5, 0.6) is 0 Å². The van der Waals surface area contributed by atoms with E-state index >= 15 is 0 Å². The van der Waals surface area contributed by atoms with Crippen molar-refractivity contribution in [3.8, 4) is 11.3 Å². The third kappa shape index (κ3) is 3.29. The summed E-state index contributed by atoms with van der Waals surface area (Å²) in [4.78, 5) is 29.4. The van der Waals surface area contributed by atoms with Crippen molar-refractivity contribution in [2.75, 3.05) is 42.6 Å². The minimum Gasteiger partial charge on any atom is -0.378 e. The molecule has 0 amide bonds. The van der Waals surface area contributed by atoms with E-state index in [-0.39, 0.29) is 5.56 Å². The molecule has 0 radical (unpaired) electrons. The Bertz CT molecular complexity index is 1090. The van der Waals surface area contributed by atoms with Crippen LogP contribution < -0.4 is 9.80 Å². The van der Waals surface area contributed by atoms with Crippen LogP contribution in [-0.2, 0) is 11.2 Å².